The summed E-state index contributed by atoms with van der Waals surface area (Å²) < 4.78 is 0. The standard InChI is InChI=1S/C14H22P/c1-10(2)13-9-14(11(3)4)15(13)12-7-5-6-8-12/h5-8,10-11,13-14H,9H2,1-4H3/t13-,14-/m0/s1. The average Bonchev–Trinajstić information content (AvgIpc) is 2.53. The van der Waals surface area contributed by atoms with Crippen molar-refractivity contribution < 1.29 is 0 Å². The van der Waals surface area contributed by atoms with Gasteiger partial charge in [-0.05, 0) is 55.3 Å². The molecule has 0 spiro atoms. The summed E-state index contributed by atoms with van der Waals surface area (Å²) in [5, 5.41) is 0. The van der Waals surface area contributed by atoms with E-state index in [0.29, 0.717) is 0 Å². The molecule has 2 aliphatic rings. The third-order valence-corrected chi connectivity index (χ3v) is 7.62. The predicted molar refractivity (Wildman–Crippen MR) is 69.2 cm³/mol. The van der Waals surface area contributed by atoms with Crippen molar-refractivity contribution in [1.29, 1.82) is 0 Å². The van der Waals surface area contributed by atoms with Crippen molar-refractivity contribution in [2.45, 2.75) is 45.4 Å². The van der Waals surface area contributed by atoms with Crippen molar-refractivity contribution in [3.05, 3.63) is 31.3 Å². The lowest BCUT2D eigenvalue weighted by Crippen LogP contribution is -2.39. The van der Waals surface area contributed by atoms with E-state index in [2.05, 4.69) is 53.4 Å². The largest absolute Gasteiger partial charge is 0.0918 e. The summed E-state index contributed by atoms with van der Waals surface area (Å²) >= 11 is 0. The normalized spacial score (nSPS) is 34.0. The summed E-state index contributed by atoms with van der Waals surface area (Å²) in [5.41, 5.74) is 3.61. The minimum Gasteiger partial charge on any atom is -0.0918 e. The van der Waals surface area contributed by atoms with Crippen molar-refractivity contribution in [2.24, 2.45) is 11.8 Å². The van der Waals surface area contributed by atoms with E-state index in [-0.39, 0.29) is 7.92 Å². The van der Waals surface area contributed by atoms with E-state index in [1.807, 2.05) is 0 Å². The van der Waals surface area contributed by atoms with Crippen LogP contribution in [-0.4, -0.2) is 11.3 Å². The molecular formula is C14H22P. The molecule has 1 aliphatic heterocycles. The summed E-state index contributed by atoms with van der Waals surface area (Å²) in [6, 6.07) is 0. The molecule has 1 heteroatoms. The van der Waals surface area contributed by atoms with E-state index in [4.69, 9.17) is 0 Å². The summed E-state index contributed by atoms with van der Waals surface area (Å²) in [6.45, 7) is 9.55. The minimum absolute atomic E-state index is 0.138. The van der Waals surface area contributed by atoms with Crippen LogP contribution in [0.4, 0.5) is 0 Å². The topological polar surface area (TPSA) is 0 Å². The van der Waals surface area contributed by atoms with Crippen LogP contribution < -0.4 is 0 Å². The van der Waals surface area contributed by atoms with Crippen LogP contribution in [-0.2, 0) is 0 Å². The fourth-order valence-corrected chi connectivity index (χ4v) is 6.26. The Labute approximate surface area is 97.0 Å². The Kier molecular flexibility index (Phi) is 3.76. The zero-order valence-electron chi connectivity index (χ0n) is 10.3. The monoisotopic (exact) mass is 221 g/mol. The lowest BCUT2D eigenvalue weighted by molar-refractivity contribution is 0.445. The fraction of sp³-hybridized carbons (Fsp3) is 0.643. The van der Waals surface area contributed by atoms with Gasteiger partial charge < -0.3 is 0 Å². The maximum atomic E-state index is 2.39. The third kappa shape index (κ3) is 2.26. The molecule has 2 fully saturated rings. The Hall–Kier alpha value is 0.430. The Balaban J connectivity index is 2.01. The van der Waals surface area contributed by atoms with Gasteiger partial charge in [0.1, 0.15) is 0 Å². The molecule has 0 N–H and O–H groups in total. The second-order valence-corrected chi connectivity index (χ2v) is 8.07. The molecule has 0 unspecified atom stereocenters. The van der Waals surface area contributed by atoms with Gasteiger partial charge in [0.2, 0.25) is 0 Å². The molecular weight excluding hydrogens is 199 g/mol. The van der Waals surface area contributed by atoms with Crippen molar-refractivity contribution in [2.75, 3.05) is 0 Å². The number of hydrogen-bond donors (Lipinski definition) is 0. The molecule has 1 saturated carbocycles. The molecule has 83 valence electrons. The van der Waals surface area contributed by atoms with Crippen LogP contribution in [0, 0.1) is 43.2 Å². The molecule has 0 aromatic carbocycles. The summed E-state index contributed by atoms with van der Waals surface area (Å²) in [6.07, 6.45) is 10.5. The molecule has 2 atom stereocenters. The van der Waals surface area contributed by atoms with Crippen molar-refractivity contribution in [1.82, 2.24) is 0 Å². The van der Waals surface area contributed by atoms with Gasteiger partial charge in [0.15, 0.2) is 0 Å². The Bertz CT molecular complexity index is 187. The maximum Gasteiger partial charge on any atom is 0.00805 e. The summed E-state index contributed by atoms with van der Waals surface area (Å²) in [4.78, 5) is 0. The third-order valence-electron chi connectivity index (χ3n) is 3.68. The SMILES string of the molecule is CC(C)[C@@H]1C[C@@H](C(C)C)P1[C]1[CH][CH][CH][CH]1. The first-order valence-corrected chi connectivity index (χ1v) is 7.59. The second kappa shape index (κ2) is 4.74. The van der Waals surface area contributed by atoms with Crippen LogP contribution in [0.2, 0.25) is 0 Å². The minimum atomic E-state index is 0.138. The Morgan fingerprint density at radius 3 is 1.87 bits per heavy atom. The fourth-order valence-electron chi connectivity index (χ4n) is 2.69. The van der Waals surface area contributed by atoms with Gasteiger partial charge in [0.05, 0.1) is 0 Å². The van der Waals surface area contributed by atoms with Gasteiger partial charge >= 0.3 is 0 Å². The molecule has 15 heavy (non-hydrogen) atoms. The van der Waals surface area contributed by atoms with Crippen LogP contribution >= 0.6 is 7.92 Å². The zero-order valence-corrected chi connectivity index (χ0v) is 11.2. The first kappa shape index (κ1) is 11.9. The predicted octanol–water partition coefficient (Wildman–Crippen LogP) is 4.28. The van der Waals surface area contributed by atoms with Gasteiger partial charge in [0, 0.05) is 5.66 Å². The highest BCUT2D eigenvalue weighted by Gasteiger charge is 2.47. The van der Waals surface area contributed by atoms with Crippen LogP contribution in [0.1, 0.15) is 34.1 Å². The van der Waals surface area contributed by atoms with Gasteiger partial charge in [-0.2, -0.15) is 0 Å². The number of rotatable bonds is 3. The van der Waals surface area contributed by atoms with E-state index < -0.39 is 0 Å². The molecule has 0 amide bonds. The second-order valence-electron chi connectivity index (χ2n) is 5.41. The van der Waals surface area contributed by atoms with Gasteiger partial charge in [-0.15, -0.1) is 0 Å². The highest BCUT2D eigenvalue weighted by molar-refractivity contribution is 7.64. The van der Waals surface area contributed by atoms with Crippen molar-refractivity contribution >= 4 is 7.92 Å². The van der Waals surface area contributed by atoms with Gasteiger partial charge in [-0.1, -0.05) is 35.6 Å². The summed E-state index contributed by atoms with van der Waals surface area (Å²) in [7, 11) is 0.138. The van der Waals surface area contributed by atoms with E-state index >= 15 is 0 Å². The highest BCUT2D eigenvalue weighted by atomic mass is 31.1. The highest BCUT2D eigenvalue weighted by Crippen LogP contribution is 2.72. The Morgan fingerprint density at radius 2 is 1.47 bits per heavy atom. The quantitative estimate of drug-likeness (QED) is 0.624. The molecule has 1 aliphatic carbocycles. The molecule has 1 saturated heterocycles. The molecule has 5 radical (unpaired) electrons. The molecule has 2 rings (SSSR count). The molecule has 1 heterocycles. The molecule has 0 aromatic rings. The summed E-state index contributed by atoms with van der Waals surface area (Å²) in [5.74, 6) is 1.72. The van der Waals surface area contributed by atoms with Crippen LogP contribution in [0.3, 0.4) is 0 Å². The smallest absolute Gasteiger partial charge is 0.00805 e. The number of hydrogen-bond acceptors (Lipinski definition) is 0. The average molecular weight is 221 g/mol. The first-order chi connectivity index (χ1) is 7.11. The first-order valence-electron chi connectivity index (χ1n) is 6.11. The lowest BCUT2D eigenvalue weighted by Gasteiger charge is -2.52. The van der Waals surface area contributed by atoms with Crippen LogP contribution in [0.25, 0.3) is 0 Å². The van der Waals surface area contributed by atoms with E-state index in [0.717, 1.165) is 23.2 Å². The van der Waals surface area contributed by atoms with Gasteiger partial charge in [-0.25, -0.2) is 0 Å². The van der Waals surface area contributed by atoms with Crippen molar-refractivity contribution in [3.63, 3.8) is 0 Å². The van der Waals surface area contributed by atoms with E-state index in [1.165, 1.54) is 6.42 Å². The van der Waals surface area contributed by atoms with Crippen LogP contribution in [0.15, 0.2) is 0 Å². The lowest BCUT2D eigenvalue weighted by atomic mass is 9.98. The Morgan fingerprint density at radius 1 is 1.00 bits per heavy atom. The maximum absolute atomic E-state index is 2.39. The molecule has 0 bridgehead atoms. The van der Waals surface area contributed by atoms with Crippen molar-refractivity contribution in [3.8, 4) is 0 Å². The zero-order chi connectivity index (χ0) is 11.0. The van der Waals surface area contributed by atoms with Gasteiger partial charge in [-0.3, -0.25) is 0 Å². The van der Waals surface area contributed by atoms with Crippen LogP contribution in [0.5, 0.6) is 0 Å². The molecule has 0 aromatic heterocycles. The van der Waals surface area contributed by atoms with E-state index in [9.17, 15) is 0 Å². The van der Waals surface area contributed by atoms with E-state index in [1.54, 1.807) is 5.66 Å². The van der Waals surface area contributed by atoms with Gasteiger partial charge in [0.25, 0.3) is 0 Å². The molecule has 0 nitrogen and oxygen atoms in total.